The number of carboxylic acid groups (broad SMARTS) is 1. The summed E-state index contributed by atoms with van der Waals surface area (Å²) in [5.41, 5.74) is 9.40. The summed E-state index contributed by atoms with van der Waals surface area (Å²) in [6.07, 6.45) is 0.752. The van der Waals surface area contributed by atoms with Crippen molar-refractivity contribution in [1.29, 1.82) is 0 Å². The van der Waals surface area contributed by atoms with E-state index in [9.17, 15) is 9.59 Å². The largest absolute Gasteiger partial charge is 0.478 e. The lowest BCUT2D eigenvalue weighted by Gasteiger charge is -2.04. The van der Waals surface area contributed by atoms with Crippen LogP contribution < -0.4 is 0 Å². The van der Waals surface area contributed by atoms with Crippen molar-refractivity contribution in [3.63, 3.8) is 0 Å². The average molecular weight is 217 g/mol. The number of benzene rings is 1. The van der Waals surface area contributed by atoms with Crippen LogP contribution in [0.1, 0.15) is 32.7 Å². The predicted molar refractivity (Wildman–Crippen MR) is 54.9 cm³/mol. The topological polar surface area (TPSA) is 103 Å². The van der Waals surface area contributed by atoms with Gasteiger partial charge >= 0.3 is 5.97 Å². The lowest BCUT2D eigenvalue weighted by Crippen LogP contribution is -2.02. The van der Waals surface area contributed by atoms with Crippen molar-refractivity contribution in [2.75, 3.05) is 0 Å². The molecule has 80 valence electrons. The smallest absolute Gasteiger partial charge is 0.335 e. The average Bonchev–Trinajstić information content (AvgIpc) is 2.60. The van der Waals surface area contributed by atoms with Gasteiger partial charge in [-0.3, -0.25) is 4.79 Å². The molecule has 0 saturated carbocycles. The molecular weight excluding hydrogens is 210 g/mol. The number of fused-ring (bicyclic) bond motifs is 1. The van der Waals surface area contributed by atoms with E-state index in [2.05, 4.69) is 10.0 Å². The number of hydrogen-bond donors (Lipinski definition) is 1. The third-order valence-corrected chi connectivity index (χ3v) is 2.53. The van der Waals surface area contributed by atoms with E-state index in [0.29, 0.717) is 24.0 Å². The van der Waals surface area contributed by atoms with Gasteiger partial charge in [-0.1, -0.05) is 5.11 Å². The number of carboxylic acids is 1. The first kappa shape index (κ1) is 10.2. The molecule has 0 saturated heterocycles. The normalized spacial score (nSPS) is 13.1. The summed E-state index contributed by atoms with van der Waals surface area (Å²) in [7, 11) is 0. The van der Waals surface area contributed by atoms with Crippen LogP contribution in [0.2, 0.25) is 0 Å². The SMILES string of the molecule is [N-]=[N+]=Nc1cc(C(=O)O)c2c(c1)C(=O)CC2. The van der Waals surface area contributed by atoms with Gasteiger partial charge in [-0.15, -0.1) is 0 Å². The van der Waals surface area contributed by atoms with Gasteiger partial charge in [0, 0.05) is 22.6 Å². The number of carbonyl (C=O) groups is 2. The molecule has 6 nitrogen and oxygen atoms in total. The highest BCUT2D eigenvalue weighted by molar-refractivity contribution is 6.05. The van der Waals surface area contributed by atoms with Crippen LogP contribution in [0.15, 0.2) is 17.2 Å². The summed E-state index contributed by atoms with van der Waals surface area (Å²) >= 11 is 0. The Morgan fingerprint density at radius 1 is 1.44 bits per heavy atom. The zero-order valence-electron chi connectivity index (χ0n) is 8.17. The first-order valence-corrected chi connectivity index (χ1v) is 4.62. The van der Waals surface area contributed by atoms with E-state index in [1.807, 2.05) is 0 Å². The first-order valence-electron chi connectivity index (χ1n) is 4.62. The summed E-state index contributed by atoms with van der Waals surface area (Å²) in [5, 5.41) is 12.3. The highest BCUT2D eigenvalue weighted by atomic mass is 16.4. The van der Waals surface area contributed by atoms with Gasteiger partial charge in [0.15, 0.2) is 5.78 Å². The van der Waals surface area contributed by atoms with Crippen molar-refractivity contribution < 1.29 is 14.7 Å². The summed E-state index contributed by atoms with van der Waals surface area (Å²) in [6.45, 7) is 0. The Morgan fingerprint density at radius 3 is 2.81 bits per heavy atom. The van der Waals surface area contributed by atoms with E-state index in [4.69, 9.17) is 10.6 Å². The molecule has 1 aliphatic rings. The molecule has 0 atom stereocenters. The summed E-state index contributed by atoms with van der Waals surface area (Å²) in [4.78, 5) is 25.0. The number of hydrogen-bond acceptors (Lipinski definition) is 3. The molecule has 0 unspecified atom stereocenters. The number of nitrogens with zero attached hydrogens (tertiary/aromatic N) is 3. The monoisotopic (exact) mass is 217 g/mol. The Morgan fingerprint density at radius 2 is 2.19 bits per heavy atom. The van der Waals surface area contributed by atoms with Crippen LogP contribution in [0.5, 0.6) is 0 Å². The van der Waals surface area contributed by atoms with Crippen LogP contribution in [0.4, 0.5) is 5.69 Å². The van der Waals surface area contributed by atoms with Crippen molar-refractivity contribution in [1.82, 2.24) is 0 Å². The van der Waals surface area contributed by atoms with Gasteiger partial charge in [0.05, 0.1) is 5.56 Å². The fraction of sp³-hybridized carbons (Fsp3) is 0.200. The van der Waals surface area contributed by atoms with Gasteiger partial charge < -0.3 is 5.11 Å². The van der Waals surface area contributed by atoms with E-state index in [1.165, 1.54) is 12.1 Å². The molecule has 0 amide bonds. The van der Waals surface area contributed by atoms with Crippen molar-refractivity contribution in [2.24, 2.45) is 5.11 Å². The highest BCUT2D eigenvalue weighted by Crippen LogP contribution is 2.30. The zero-order chi connectivity index (χ0) is 11.7. The fourth-order valence-electron chi connectivity index (χ4n) is 1.85. The Labute approximate surface area is 90.1 Å². The standard InChI is InChI=1S/C10H7N3O3/c11-13-12-5-3-7-6(1-2-9(7)14)8(4-5)10(15)16/h3-4H,1-2H2,(H,15,16). The summed E-state index contributed by atoms with van der Waals surface area (Å²) in [6, 6.07) is 2.73. The third kappa shape index (κ3) is 1.51. The minimum atomic E-state index is -1.11. The maximum absolute atomic E-state index is 11.5. The molecule has 16 heavy (non-hydrogen) atoms. The number of Topliss-reactive ketones (excluding diaryl/α,β-unsaturated/α-hetero) is 1. The fourth-order valence-corrected chi connectivity index (χ4v) is 1.85. The quantitative estimate of drug-likeness (QED) is 0.467. The number of azide groups is 1. The van der Waals surface area contributed by atoms with Gasteiger partial charge in [-0.2, -0.15) is 0 Å². The van der Waals surface area contributed by atoms with Crippen molar-refractivity contribution in [2.45, 2.75) is 12.8 Å². The molecule has 0 heterocycles. The molecule has 1 aromatic rings. The van der Waals surface area contributed by atoms with E-state index < -0.39 is 5.97 Å². The maximum atomic E-state index is 11.5. The van der Waals surface area contributed by atoms with E-state index >= 15 is 0 Å². The lowest BCUT2D eigenvalue weighted by atomic mass is 10.0. The minimum Gasteiger partial charge on any atom is -0.478 e. The van der Waals surface area contributed by atoms with E-state index in [1.54, 1.807) is 0 Å². The van der Waals surface area contributed by atoms with Crippen molar-refractivity contribution >= 4 is 17.4 Å². The molecule has 0 fully saturated rings. The minimum absolute atomic E-state index is 0.0470. The summed E-state index contributed by atoms with van der Waals surface area (Å²) in [5.74, 6) is -1.21. The van der Waals surface area contributed by atoms with E-state index in [-0.39, 0.29) is 17.0 Å². The van der Waals surface area contributed by atoms with Crippen LogP contribution >= 0.6 is 0 Å². The predicted octanol–water partition coefficient (Wildman–Crippen LogP) is 2.46. The van der Waals surface area contributed by atoms with Gasteiger partial charge in [-0.05, 0) is 29.6 Å². The second kappa shape index (κ2) is 3.67. The Balaban J connectivity index is 2.70. The van der Waals surface area contributed by atoms with Crippen LogP contribution in [-0.2, 0) is 6.42 Å². The van der Waals surface area contributed by atoms with Crippen LogP contribution in [0, 0.1) is 0 Å². The second-order valence-corrected chi connectivity index (χ2v) is 3.44. The van der Waals surface area contributed by atoms with Gasteiger partial charge in [0.1, 0.15) is 0 Å². The molecular formula is C10H7N3O3. The molecule has 0 radical (unpaired) electrons. The molecule has 0 bridgehead atoms. The zero-order valence-corrected chi connectivity index (χ0v) is 8.17. The van der Waals surface area contributed by atoms with Gasteiger partial charge in [-0.25, -0.2) is 4.79 Å². The van der Waals surface area contributed by atoms with Crippen molar-refractivity contribution in [3.8, 4) is 0 Å². The Kier molecular flexibility index (Phi) is 2.34. The van der Waals surface area contributed by atoms with E-state index in [0.717, 1.165) is 0 Å². The molecule has 6 heteroatoms. The van der Waals surface area contributed by atoms with Gasteiger partial charge in [0.2, 0.25) is 0 Å². The molecule has 1 aromatic carbocycles. The lowest BCUT2D eigenvalue weighted by molar-refractivity contribution is 0.0695. The van der Waals surface area contributed by atoms with Gasteiger partial charge in [0.25, 0.3) is 0 Å². The molecule has 1 aliphatic carbocycles. The van der Waals surface area contributed by atoms with Crippen LogP contribution in [0.3, 0.4) is 0 Å². The Hall–Kier alpha value is -2.33. The molecule has 0 spiro atoms. The Bertz CT molecular complexity index is 544. The molecule has 2 rings (SSSR count). The second-order valence-electron chi connectivity index (χ2n) is 3.44. The first-order chi connectivity index (χ1) is 7.63. The van der Waals surface area contributed by atoms with Crippen LogP contribution in [0.25, 0.3) is 10.4 Å². The molecule has 1 N–H and O–H groups in total. The third-order valence-electron chi connectivity index (χ3n) is 2.53. The number of carbonyl (C=O) groups excluding carboxylic acids is 1. The molecule has 0 aromatic heterocycles. The highest BCUT2D eigenvalue weighted by Gasteiger charge is 2.25. The maximum Gasteiger partial charge on any atom is 0.335 e. The number of ketones is 1. The number of rotatable bonds is 2. The molecule has 0 aliphatic heterocycles. The van der Waals surface area contributed by atoms with Crippen molar-refractivity contribution in [3.05, 3.63) is 39.3 Å². The summed E-state index contributed by atoms with van der Waals surface area (Å²) < 4.78 is 0. The van der Waals surface area contributed by atoms with Crippen LogP contribution in [-0.4, -0.2) is 16.9 Å². The number of aromatic carboxylic acids is 1.